The Labute approximate surface area is 132 Å². The highest BCUT2D eigenvalue weighted by atomic mass is 127. The average Bonchev–Trinajstić information content (AvgIpc) is 2.84. The van der Waals surface area contributed by atoms with Crippen LogP contribution in [0.2, 0.25) is 0 Å². The summed E-state index contributed by atoms with van der Waals surface area (Å²) in [4.78, 5) is 14.1. The Morgan fingerprint density at radius 3 is 2.70 bits per heavy atom. The Kier molecular flexibility index (Phi) is 5.13. The highest BCUT2D eigenvalue weighted by molar-refractivity contribution is 14.1. The van der Waals surface area contributed by atoms with E-state index in [4.69, 9.17) is 0 Å². The first-order valence-corrected chi connectivity index (χ1v) is 7.36. The SMILES string of the molecule is CN(C)CCn1cc(NC(=O)c2ccc(I)cc2)cn1. The largest absolute Gasteiger partial charge is 0.319 e. The quantitative estimate of drug-likeness (QED) is 0.805. The number of amides is 1. The molecular formula is C14H17IN4O. The van der Waals surface area contributed by atoms with Gasteiger partial charge < -0.3 is 10.2 Å². The highest BCUT2D eigenvalue weighted by Gasteiger charge is 2.07. The molecule has 2 aromatic rings. The van der Waals surface area contributed by atoms with Gasteiger partial charge >= 0.3 is 0 Å². The first-order chi connectivity index (χ1) is 9.54. The normalized spacial score (nSPS) is 10.8. The van der Waals surface area contributed by atoms with E-state index in [0.717, 1.165) is 16.7 Å². The van der Waals surface area contributed by atoms with Crippen LogP contribution in [-0.4, -0.2) is 41.2 Å². The number of anilines is 1. The van der Waals surface area contributed by atoms with E-state index in [0.29, 0.717) is 11.3 Å². The molecule has 0 bridgehead atoms. The van der Waals surface area contributed by atoms with E-state index in [2.05, 4.69) is 37.9 Å². The second kappa shape index (κ2) is 6.85. The lowest BCUT2D eigenvalue weighted by Gasteiger charge is -2.08. The van der Waals surface area contributed by atoms with E-state index in [1.165, 1.54) is 0 Å². The van der Waals surface area contributed by atoms with Gasteiger partial charge in [-0.15, -0.1) is 0 Å². The first kappa shape index (κ1) is 15.0. The molecule has 1 heterocycles. The van der Waals surface area contributed by atoms with Crippen molar-refractivity contribution in [3.05, 3.63) is 45.8 Å². The molecule has 0 saturated carbocycles. The maximum absolute atomic E-state index is 12.0. The number of carbonyl (C=O) groups is 1. The van der Waals surface area contributed by atoms with Crippen molar-refractivity contribution in [3.8, 4) is 0 Å². The maximum Gasteiger partial charge on any atom is 0.255 e. The van der Waals surface area contributed by atoms with Crippen LogP contribution in [0, 0.1) is 3.57 Å². The molecule has 6 heteroatoms. The number of nitrogens with zero attached hydrogens (tertiary/aromatic N) is 3. The number of hydrogen-bond acceptors (Lipinski definition) is 3. The van der Waals surface area contributed by atoms with Crippen molar-refractivity contribution in [1.82, 2.24) is 14.7 Å². The van der Waals surface area contributed by atoms with Gasteiger partial charge in [0, 0.05) is 21.9 Å². The summed E-state index contributed by atoms with van der Waals surface area (Å²) in [6.07, 6.45) is 3.51. The van der Waals surface area contributed by atoms with Crippen LogP contribution in [0.5, 0.6) is 0 Å². The van der Waals surface area contributed by atoms with E-state index < -0.39 is 0 Å². The zero-order valence-electron chi connectivity index (χ0n) is 11.5. The Morgan fingerprint density at radius 1 is 1.35 bits per heavy atom. The fourth-order valence-electron chi connectivity index (χ4n) is 1.66. The van der Waals surface area contributed by atoms with Gasteiger partial charge in [-0.05, 0) is 61.0 Å². The first-order valence-electron chi connectivity index (χ1n) is 6.29. The molecular weight excluding hydrogens is 367 g/mol. The molecule has 5 nitrogen and oxygen atoms in total. The molecule has 1 aromatic carbocycles. The fourth-order valence-corrected chi connectivity index (χ4v) is 2.02. The van der Waals surface area contributed by atoms with Crippen LogP contribution in [0.25, 0.3) is 0 Å². The molecule has 0 atom stereocenters. The van der Waals surface area contributed by atoms with Crippen molar-refractivity contribution in [1.29, 1.82) is 0 Å². The third-order valence-electron chi connectivity index (χ3n) is 2.77. The van der Waals surface area contributed by atoms with Crippen LogP contribution in [0.3, 0.4) is 0 Å². The summed E-state index contributed by atoms with van der Waals surface area (Å²) in [5, 5.41) is 7.07. The molecule has 0 saturated heterocycles. The van der Waals surface area contributed by atoms with Gasteiger partial charge in [0.25, 0.3) is 5.91 Å². The standard InChI is InChI=1S/C14H17IN4O/c1-18(2)7-8-19-10-13(9-16-19)17-14(20)11-3-5-12(15)6-4-11/h3-6,9-10H,7-8H2,1-2H3,(H,17,20). The predicted molar refractivity (Wildman–Crippen MR) is 87.9 cm³/mol. The van der Waals surface area contributed by atoms with Gasteiger partial charge in [0.05, 0.1) is 18.4 Å². The van der Waals surface area contributed by atoms with Crippen molar-refractivity contribution in [2.24, 2.45) is 0 Å². The fraction of sp³-hybridized carbons (Fsp3) is 0.286. The summed E-state index contributed by atoms with van der Waals surface area (Å²) in [6, 6.07) is 7.45. The summed E-state index contributed by atoms with van der Waals surface area (Å²) in [5.74, 6) is -0.117. The number of nitrogens with one attached hydrogen (secondary N) is 1. The smallest absolute Gasteiger partial charge is 0.255 e. The summed E-state index contributed by atoms with van der Waals surface area (Å²) >= 11 is 2.21. The molecule has 0 fully saturated rings. The number of hydrogen-bond donors (Lipinski definition) is 1. The molecule has 0 aliphatic carbocycles. The molecule has 1 N–H and O–H groups in total. The van der Waals surface area contributed by atoms with Gasteiger partial charge in [-0.25, -0.2) is 0 Å². The number of benzene rings is 1. The number of rotatable bonds is 5. The van der Waals surface area contributed by atoms with E-state index in [9.17, 15) is 4.79 Å². The minimum atomic E-state index is -0.117. The van der Waals surface area contributed by atoms with Gasteiger partial charge in [0.1, 0.15) is 0 Å². The third kappa shape index (κ3) is 4.31. The monoisotopic (exact) mass is 384 g/mol. The van der Waals surface area contributed by atoms with Crippen molar-refractivity contribution in [3.63, 3.8) is 0 Å². The zero-order chi connectivity index (χ0) is 14.5. The van der Waals surface area contributed by atoms with Crippen molar-refractivity contribution in [2.45, 2.75) is 6.54 Å². The van der Waals surface area contributed by atoms with Gasteiger partial charge in [-0.3, -0.25) is 9.48 Å². The molecule has 0 aliphatic heterocycles. The summed E-state index contributed by atoms with van der Waals surface area (Å²) in [7, 11) is 4.03. The van der Waals surface area contributed by atoms with Gasteiger partial charge in [-0.2, -0.15) is 5.10 Å². The molecule has 0 unspecified atom stereocenters. The van der Waals surface area contributed by atoms with Gasteiger partial charge in [0.15, 0.2) is 0 Å². The number of carbonyl (C=O) groups excluding carboxylic acids is 1. The van der Waals surface area contributed by atoms with Crippen LogP contribution >= 0.6 is 22.6 Å². The molecule has 106 valence electrons. The maximum atomic E-state index is 12.0. The van der Waals surface area contributed by atoms with Crippen molar-refractivity contribution in [2.75, 3.05) is 26.0 Å². The van der Waals surface area contributed by atoms with Crippen molar-refractivity contribution < 1.29 is 4.79 Å². The predicted octanol–water partition coefficient (Wildman–Crippen LogP) is 2.30. The second-order valence-corrected chi connectivity index (χ2v) is 6.00. The van der Waals surface area contributed by atoms with E-state index in [1.807, 2.05) is 49.2 Å². The second-order valence-electron chi connectivity index (χ2n) is 4.76. The Hall–Kier alpha value is -1.41. The van der Waals surface area contributed by atoms with Crippen LogP contribution in [0.4, 0.5) is 5.69 Å². The third-order valence-corrected chi connectivity index (χ3v) is 3.49. The van der Waals surface area contributed by atoms with Crippen molar-refractivity contribution >= 4 is 34.2 Å². The average molecular weight is 384 g/mol. The van der Waals surface area contributed by atoms with Gasteiger partial charge in [0.2, 0.25) is 0 Å². The van der Waals surface area contributed by atoms with E-state index in [1.54, 1.807) is 6.20 Å². The summed E-state index contributed by atoms with van der Waals surface area (Å²) in [5.41, 5.74) is 1.36. The zero-order valence-corrected chi connectivity index (χ0v) is 13.7. The Balaban J connectivity index is 1.96. The molecule has 2 rings (SSSR count). The Bertz CT molecular complexity index is 577. The topological polar surface area (TPSA) is 50.2 Å². The van der Waals surface area contributed by atoms with E-state index >= 15 is 0 Å². The minimum Gasteiger partial charge on any atom is -0.319 e. The number of likely N-dealkylation sites (N-methyl/N-ethyl adjacent to an activating group) is 1. The number of aromatic nitrogens is 2. The lowest BCUT2D eigenvalue weighted by atomic mass is 10.2. The Morgan fingerprint density at radius 2 is 2.05 bits per heavy atom. The lowest BCUT2D eigenvalue weighted by molar-refractivity contribution is 0.102. The highest BCUT2D eigenvalue weighted by Crippen LogP contribution is 2.10. The molecule has 0 aliphatic rings. The van der Waals surface area contributed by atoms with E-state index in [-0.39, 0.29) is 5.91 Å². The molecule has 20 heavy (non-hydrogen) atoms. The molecule has 0 radical (unpaired) electrons. The molecule has 1 amide bonds. The molecule has 1 aromatic heterocycles. The summed E-state index contributed by atoms with van der Waals surface area (Å²) < 4.78 is 2.93. The number of halogens is 1. The van der Waals surface area contributed by atoms with Gasteiger partial charge in [-0.1, -0.05) is 0 Å². The van der Waals surface area contributed by atoms with Crippen LogP contribution in [0.1, 0.15) is 10.4 Å². The lowest BCUT2D eigenvalue weighted by Crippen LogP contribution is -2.18. The van der Waals surface area contributed by atoms with Crippen LogP contribution < -0.4 is 5.32 Å². The summed E-state index contributed by atoms with van der Waals surface area (Å²) in [6.45, 7) is 1.71. The van der Waals surface area contributed by atoms with Crippen LogP contribution in [-0.2, 0) is 6.54 Å². The van der Waals surface area contributed by atoms with Crippen LogP contribution in [0.15, 0.2) is 36.7 Å². The molecule has 0 spiro atoms. The minimum absolute atomic E-state index is 0.117.